The van der Waals surface area contributed by atoms with Crippen LogP contribution in [0, 0.1) is 18.6 Å². The minimum Gasteiger partial charge on any atom is -0.233 e. The fraction of sp³-hybridized carbons (Fsp3) is 0.0833. The summed E-state index contributed by atoms with van der Waals surface area (Å²) >= 11 is 17.3. The second kappa shape index (κ2) is 5.00. The van der Waals surface area contributed by atoms with Crippen LogP contribution in [0.2, 0.25) is 15.2 Å². The maximum absolute atomic E-state index is 13.9. The molecule has 0 saturated heterocycles. The molecule has 0 bridgehead atoms. The van der Waals surface area contributed by atoms with E-state index in [9.17, 15) is 8.78 Å². The highest BCUT2D eigenvalue weighted by Gasteiger charge is 2.19. The summed E-state index contributed by atoms with van der Waals surface area (Å²) in [5.41, 5.74) is -0.0846. The van der Waals surface area contributed by atoms with Crippen molar-refractivity contribution in [1.29, 1.82) is 0 Å². The van der Waals surface area contributed by atoms with Crippen LogP contribution < -0.4 is 0 Å². The third kappa shape index (κ3) is 2.30. The van der Waals surface area contributed by atoms with Crippen LogP contribution in [0.3, 0.4) is 0 Å². The Balaban J connectivity index is 2.77. The van der Waals surface area contributed by atoms with Gasteiger partial charge >= 0.3 is 0 Å². The number of aromatic nitrogens is 1. The van der Waals surface area contributed by atoms with Gasteiger partial charge in [-0.2, -0.15) is 0 Å². The molecule has 1 heterocycles. The molecule has 0 spiro atoms. The van der Waals surface area contributed by atoms with Crippen LogP contribution in [0.5, 0.6) is 0 Å². The van der Waals surface area contributed by atoms with Crippen molar-refractivity contribution >= 4 is 34.8 Å². The van der Waals surface area contributed by atoms with E-state index >= 15 is 0 Å². The van der Waals surface area contributed by atoms with E-state index in [0.717, 1.165) is 6.07 Å². The first kappa shape index (κ1) is 13.5. The zero-order valence-electron chi connectivity index (χ0n) is 9.07. The van der Waals surface area contributed by atoms with Crippen molar-refractivity contribution in [3.63, 3.8) is 0 Å². The minimum absolute atomic E-state index is 0.0350. The minimum atomic E-state index is -0.758. The molecule has 0 N–H and O–H groups in total. The molecule has 0 aliphatic rings. The monoisotopic (exact) mass is 307 g/mol. The predicted molar refractivity (Wildman–Crippen MR) is 69.4 cm³/mol. The Labute approximate surface area is 117 Å². The number of hydrogen-bond acceptors (Lipinski definition) is 1. The van der Waals surface area contributed by atoms with E-state index in [4.69, 9.17) is 34.8 Å². The van der Waals surface area contributed by atoms with Gasteiger partial charge in [-0.3, -0.25) is 0 Å². The third-order valence-electron chi connectivity index (χ3n) is 2.41. The number of hydrogen-bond donors (Lipinski definition) is 0. The number of rotatable bonds is 1. The smallest absolute Gasteiger partial charge is 0.148 e. The molecule has 2 rings (SSSR count). The molecular formula is C12H6Cl3F2N. The molecule has 0 fully saturated rings. The first-order valence-corrected chi connectivity index (χ1v) is 6.01. The molecule has 0 aliphatic heterocycles. The van der Waals surface area contributed by atoms with Crippen molar-refractivity contribution in [2.75, 3.05) is 0 Å². The van der Waals surface area contributed by atoms with Gasteiger partial charge in [0.05, 0.1) is 21.3 Å². The van der Waals surface area contributed by atoms with Gasteiger partial charge in [0.2, 0.25) is 0 Å². The highest BCUT2D eigenvalue weighted by molar-refractivity contribution is 6.42. The molecule has 2 aromatic rings. The summed E-state index contributed by atoms with van der Waals surface area (Å²) in [6.45, 7) is 1.52. The van der Waals surface area contributed by atoms with Crippen LogP contribution in [0.15, 0.2) is 18.2 Å². The summed E-state index contributed by atoms with van der Waals surface area (Å²) in [7, 11) is 0. The second-order valence-electron chi connectivity index (χ2n) is 3.64. The van der Waals surface area contributed by atoms with Gasteiger partial charge in [-0.25, -0.2) is 13.8 Å². The van der Waals surface area contributed by atoms with Gasteiger partial charge in [0, 0.05) is 0 Å². The van der Waals surface area contributed by atoms with Crippen LogP contribution >= 0.6 is 34.8 Å². The molecule has 94 valence electrons. The summed E-state index contributed by atoms with van der Waals surface area (Å²) in [5.74, 6) is -1.48. The molecule has 0 radical (unpaired) electrons. The topological polar surface area (TPSA) is 12.9 Å². The van der Waals surface area contributed by atoms with Gasteiger partial charge in [0.15, 0.2) is 0 Å². The van der Waals surface area contributed by atoms with Gasteiger partial charge in [0.1, 0.15) is 16.8 Å². The Morgan fingerprint density at radius 1 is 1.06 bits per heavy atom. The van der Waals surface area contributed by atoms with E-state index in [0.29, 0.717) is 0 Å². The molecule has 1 aromatic heterocycles. The first-order valence-electron chi connectivity index (χ1n) is 4.88. The van der Waals surface area contributed by atoms with Crippen LogP contribution in [-0.4, -0.2) is 4.98 Å². The van der Waals surface area contributed by atoms with Gasteiger partial charge in [0.25, 0.3) is 0 Å². The number of nitrogens with zero attached hydrogens (tertiary/aromatic N) is 1. The van der Waals surface area contributed by atoms with E-state index < -0.39 is 11.6 Å². The summed E-state index contributed by atoms with van der Waals surface area (Å²) in [5, 5.41) is 0.100. The van der Waals surface area contributed by atoms with E-state index in [1.807, 2.05) is 0 Å². The molecule has 0 aliphatic carbocycles. The Morgan fingerprint density at radius 2 is 1.72 bits per heavy atom. The molecule has 0 atom stereocenters. The lowest BCUT2D eigenvalue weighted by atomic mass is 10.1. The summed E-state index contributed by atoms with van der Waals surface area (Å²) < 4.78 is 27.7. The third-order valence-corrected chi connectivity index (χ3v) is 3.37. The van der Waals surface area contributed by atoms with Crippen molar-refractivity contribution < 1.29 is 8.78 Å². The van der Waals surface area contributed by atoms with Crippen molar-refractivity contribution in [2.45, 2.75) is 6.92 Å². The number of halogens is 5. The predicted octanol–water partition coefficient (Wildman–Crippen LogP) is 5.30. The average molecular weight is 309 g/mol. The second-order valence-corrected chi connectivity index (χ2v) is 4.82. The van der Waals surface area contributed by atoms with Gasteiger partial charge in [-0.1, -0.05) is 40.9 Å². The summed E-state index contributed by atoms with van der Waals surface area (Å²) in [6, 6.07) is 3.78. The first-order chi connectivity index (χ1) is 8.41. The molecule has 6 heteroatoms. The molecule has 0 saturated carbocycles. The van der Waals surface area contributed by atoms with Crippen molar-refractivity contribution in [2.24, 2.45) is 0 Å². The van der Waals surface area contributed by atoms with Crippen LogP contribution in [0.4, 0.5) is 8.78 Å². The Hall–Kier alpha value is -0.900. The fourth-order valence-corrected chi connectivity index (χ4v) is 2.09. The highest BCUT2D eigenvalue weighted by atomic mass is 35.5. The standard InChI is InChI=1S/C12H6Cl3F2N/c1-5-2-3-8(16)9(10(5)17)11-6(13)4-7(14)12(15)18-11/h2-4H,1H3. The van der Waals surface area contributed by atoms with E-state index in [1.165, 1.54) is 19.1 Å². The molecular weight excluding hydrogens is 302 g/mol. The molecule has 18 heavy (non-hydrogen) atoms. The van der Waals surface area contributed by atoms with Gasteiger partial charge in [-0.05, 0) is 24.6 Å². The molecule has 0 unspecified atom stereocenters. The van der Waals surface area contributed by atoms with Crippen LogP contribution in [-0.2, 0) is 0 Å². The highest BCUT2D eigenvalue weighted by Crippen LogP contribution is 2.35. The summed E-state index contributed by atoms with van der Waals surface area (Å²) in [6.07, 6.45) is 0. The fourth-order valence-electron chi connectivity index (χ4n) is 1.49. The zero-order valence-corrected chi connectivity index (χ0v) is 11.3. The molecule has 1 nitrogen and oxygen atoms in total. The Bertz CT molecular complexity index is 629. The maximum Gasteiger partial charge on any atom is 0.148 e. The largest absolute Gasteiger partial charge is 0.233 e. The number of benzene rings is 1. The lowest BCUT2D eigenvalue weighted by Crippen LogP contribution is -1.97. The maximum atomic E-state index is 13.9. The van der Waals surface area contributed by atoms with Crippen molar-refractivity contribution in [3.05, 3.63) is 50.6 Å². The average Bonchev–Trinajstić information content (AvgIpc) is 2.31. The molecule has 1 aromatic carbocycles. The Kier molecular flexibility index (Phi) is 3.76. The summed E-state index contributed by atoms with van der Waals surface area (Å²) in [4.78, 5) is 3.83. The van der Waals surface area contributed by atoms with Crippen molar-refractivity contribution in [1.82, 2.24) is 4.98 Å². The lowest BCUT2D eigenvalue weighted by molar-refractivity contribution is 0.583. The lowest BCUT2D eigenvalue weighted by Gasteiger charge is -2.09. The SMILES string of the molecule is Cc1ccc(F)c(-c2nc(Cl)c(Cl)cc2Cl)c1F. The Morgan fingerprint density at radius 3 is 2.39 bits per heavy atom. The van der Waals surface area contributed by atoms with Crippen LogP contribution in [0.25, 0.3) is 11.3 Å². The normalized spacial score (nSPS) is 10.8. The van der Waals surface area contributed by atoms with Crippen LogP contribution in [0.1, 0.15) is 5.56 Å². The van der Waals surface area contributed by atoms with Gasteiger partial charge < -0.3 is 0 Å². The van der Waals surface area contributed by atoms with Crippen molar-refractivity contribution in [3.8, 4) is 11.3 Å². The van der Waals surface area contributed by atoms with E-state index in [2.05, 4.69) is 4.98 Å². The number of pyridine rings is 1. The molecule has 0 amide bonds. The zero-order chi connectivity index (χ0) is 13.4. The van der Waals surface area contributed by atoms with E-state index in [1.54, 1.807) is 0 Å². The number of aryl methyl sites for hydroxylation is 1. The van der Waals surface area contributed by atoms with E-state index in [-0.39, 0.29) is 32.0 Å². The van der Waals surface area contributed by atoms with Gasteiger partial charge in [-0.15, -0.1) is 0 Å². The quantitative estimate of drug-likeness (QED) is 0.652.